The number of morpholine rings is 1. The van der Waals surface area contributed by atoms with Gasteiger partial charge in [0.2, 0.25) is 0 Å². The van der Waals surface area contributed by atoms with E-state index in [1.807, 2.05) is 0 Å². The van der Waals surface area contributed by atoms with E-state index in [0.29, 0.717) is 6.04 Å². The highest BCUT2D eigenvalue weighted by Gasteiger charge is 2.44. The first-order valence-electron chi connectivity index (χ1n) is 5.84. The van der Waals surface area contributed by atoms with Crippen LogP contribution in [0.25, 0.3) is 0 Å². The fourth-order valence-corrected chi connectivity index (χ4v) is 4.27. The first-order valence-corrected chi connectivity index (χ1v) is 6.89. The molecule has 2 heterocycles. The Bertz CT molecular complexity index is 227. The van der Waals surface area contributed by atoms with E-state index in [0.717, 1.165) is 31.6 Å². The Labute approximate surface area is 96.7 Å². The molecule has 0 amide bonds. The molecule has 2 rings (SSSR count). The van der Waals surface area contributed by atoms with Crippen LogP contribution in [0.3, 0.4) is 0 Å². The van der Waals surface area contributed by atoms with E-state index in [4.69, 9.17) is 10.5 Å². The average molecular weight is 230 g/mol. The van der Waals surface area contributed by atoms with E-state index in [2.05, 4.69) is 30.5 Å². The molecule has 4 heteroatoms. The Morgan fingerprint density at radius 1 is 1.53 bits per heavy atom. The lowest BCUT2D eigenvalue weighted by Gasteiger charge is -2.46. The topological polar surface area (TPSA) is 38.5 Å². The van der Waals surface area contributed by atoms with Crippen LogP contribution in [0.15, 0.2) is 0 Å². The van der Waals surface area contributed by atoms with Crippen molar-refractivity contribution in [2.24, 2.45) is 5.73 Å². The fraction of sp³-hybridized carbons (Fsp3) is 1.00. The number of thioether (sulfide) groups is 1. The fourth-order valence-electron chi connectivity index (χ4n) is 2.84. The lowest BCUT2D eigenvalue weighted by Crippen LogP contribution is -2.61. The van der Waals surface area contributed by atoms with Gasteiger partial charge < -0.3 is 10.5 Å². The predicted octanol–water partition coefficient (Wildman–Crippen LogP) is 0.930. The molecule has 0 aliphatic carbocycles. The molecule has 2 fully saturated rings. The van der Waals surface area contributed by atoms with Crippen LogP contribution in [0.4, 0.5) is 0 Å². The van der Waals surface area contributed by atoms with E-state index in [1.165, 1.54) is 12.2 Å². The van der Waals surface area contributed by atoms with Crippen molar-refractivity contribution in [3.8, 4) is 0 Å². The molecule has 2 N–H and O–H groups in total. The van der Waals surface area contributed by atoms with Gasteiger partial charge in [-0.2, -0.15) is 11.8 Å². The second-order valence-electron chi connectivity index (χ2n) is 4.87. The van der Waals surface area contributed by atoms with Crippen LogP contribution in [0.5, 0.6) is 0 Å². The molecule has 3 atom stereocenters. The van der Waals surface area contributed by atoms with Crippen LogP contribution >= 0.6 is 11.8 Å². The zero-order chi connectivity index (χ0) is 10.9. The van der Waals surface area contributed by atoms with Gasteiger partial charge in [0.1, 0.15) is 0 Å². The summed E-state index contributed by atoms with van der Waals surface area (Å²) in [4.78, 5) is 2.59. The van der Waals surface area contributed by atoms with Crippen LogP contribution in [-0.2, 0) is 4.74 Å². The number of hydrogen-bond acceptors (Lipinski definition) is 4. The summed E-state index contributed by atoms with van der Waals surface area (Å²) in [6.07, 6.45) is 1.23. The highest BCUT2D eigenvalue weighted by atomic mass is 32.2. The quantitative estimate of drug-likeness (QED) is 0.766. The molecule has 0 spiro atoms. The van der Waals surface area contributed by atoms with Gasteiger partial charge >= 0.3 is 0 Å². The van der Waals surface area contributed by atoms with Gasteiger partial charge in [-0.25, -0.2) is 0 Å². The van der Waals surface area contributed by atoms with Gasteiger partial charge in [0.05, 0.1) is 13.2 Å². The van der Waals surface area contributed by atoms with E-state index in [1.54, 1.807) is 0 Å². The maximum atomic E-state index is 6.03. The van der Waals surface area contributed by atoms with Gasteiger partial charge in [-0.1, -0.05) is 6.92 Å². The van der Waals surface area contributed by atoms with Gasteiger partial charge in [0.15, 0.2) is 0 Å². The highest BCUT2D eigenvalue weighted by molar-refractivity contribution is 8.00. The number of rotatable bonds is 2. The first kappa shape index (κ1) is 11.7. The van der Waals surface area contributed by atoms with E-state index in [-0.39, 0.29) is 5.54 Å². The zero-order valence-electron chi connectivity index (χ0n) is 9.74. The smallest absolute Gasteiger partial charge is 0.0620 e. The summed E-state index contributed by atoms with van der Waals surface area (Å²) in [5.74, 6) is 1.19. The maximum Gasteiger partial charge on any atom is 0.0620 e. The van der Waals surface area contributed by atoms with Gasteiger partial charge in [-0.05, 0) is 13.3 Å². The van der Waals surface area contributed by atoms with Crippen LogP contribution in [0, 0.1) is 0 Å². The predicted molar refractivity (Wildman–Crippen MR) is 65.3 cm³/mol. The van der Waals surface area contributed by atoms with Crippen molar-refractivity contribution in [3.05, 3.63) is 0 Å². The molecule has 0 radical (unpaired) electrons. The summed E-state index contributed by atoms with van der Waals surface area (Å²) in [5, 5.41) is 0.753. The number of hydrogen-bond donors (Lipinski definition) is 1. The summed E-state index contributed by atoms with van der Waals surface area (Å²) in [6.45, 7) is 8.13. The summed E-state index contributed by atoms with van der Waals surface area (Å²) in [7, 11) is 0. The second kappa shape index (κ2) is 4.62. The lowest BCUT2D eigenvalue weighted by atomic mass is 9.92. The Kier molecular flexibility index (Phi) is 3.60. The minimum absolute atomic E-state index is 0.243. The van der Waals surface area contributed by atoms with Crippen molar-refractivity contribution in [1.29, 1.82) is 0 Å². The molecular formula is C11H22N2OS. The van der Waals surface area contributed by atoms with Crippen molar-refractivity contribution < 1.29 is 4.74 Å². The molecule has 15 heavy (non-hydrogen) atoms. The number of nitrogens with zero attached hydrogens (tertiary/aromatic N) is 1. The van der Waals surface area contributed by atoms with Gasteiger partial charge in [0.25, 0.3) is 0 Å². The van der Waals surface area contributed by atoms with Crippen LogP contribution in [0.1, 0.15) is 20.3 Å². The van der Waals surface area contributed by atoms with Crippen molar-refractivity contribution >= 4 is 11.8 Å². The van der Waals surface area contributed by atoms with Gasteiger partial charge in [-0.15, -0.1) is 0 Å². The third-order valence-corrected chi connectivity index (χ3v) is 5.10. The Hall–Kier alpha value is 0.230. The molecule has 0 aromatic heterocycles. The molecule has 3 nitrogen and oxygen atoms in total. The molecule has 2 saturated heterocycles. The van der Waals surface area contributed by atoms with Crippen LogP contribution in [-0.4, -0.2) is 53.8 Å². The molecule has 3 unspecified atom stereocenters. The molecule has 2 aliphatic rings. The minimum Gasteiger partial charge on any atom is -0.379 e. The molecule has 88 valence electrons. The highest BCUT2D eigenvalue weighted by Crippen LogP contribution is 2.39. The molecule has 0 aromatic rings. The summed E-state index contributed by atoms with van der Waals surface area (Å²) >= 11 is 2.06. The summed E-state index contributed by atoms with van der Waals surface area (Å²) < 4.78 is 5.50. The molecular weight excluding hydrogens is 208 g/mol. The van der Waals surface area contributed by atoms with Gasteiger partial charge in [-0.3, -0.25) is 4.90 Å². The van der Waals surface area contributed by atoms with E-state index >= 15 is 0 Å². The van der Waals surface area contributed by atoms with Crippen LogP contribution in [0.2, 0.25) is 0 Å². The Morgan fingerprint density at radius 2 is 2.33 bits per heavy atom. The maximum absolute atomic E-state index is 6.03. The molecule has 2 aliphatic heterocycles. The van der Waals surface area contributed by atoms with Crippen molar-refractivity contribution in [3.63, 3.8) is 0 Å². The SMILES string of the molecule is CC1CC(CN)(N2CCOCC2C)CS1. The Morgan fingerprint density at radius 3 is 2.87 bits per heavy atom. The lowest BCUT2D eigenvalue weighted by molar-refractivity contribution is -0.0493. The van der Waals surface area contributed by atoms with Crippen LogP contribution < -0.4 is 5.73 Å². The second-order valence-corrected chi connectivity index (χ2v) is 6.30. The summed E-state index contributed by atoms with van der Waals surface area (Å²) in [6, 6.07) is 0.521. The Balaban J connectivity index is 2.10. The largest absolute Gasteiger partial charge is 0.379 e. The third-order valence-electron chi connectivity index (χ3n) is 3.66. The number of nitrogens with two attached hydrogens (primary N) is 1. The first-order chi connectivity index (χ1) is 7.18. The normalized spacial score (nSPS) is 43.4. The zero-order valence-corrected chi connectivity index (χ0v) is 10.6. The van der Waals surface area contributed by atoms with Gasteiger partial charge in [0, 0.05) is 35.7 Å². The third kappa shape index (κ3) is 2.18. The molecule has 0 saturated carbocycles. The summed E-state index contributed by atoms with van der Waals surface area (Å²) in [5.41, 5.74) is 6.27. The average Bonchev–Trinajstić information content (AvgIpc) is 2.62. The van der Waals surface area contributed by atoms with E-state index in [9.17, 15) is 0 Å². The van der Waals surface area contributed by atoms with Crippen molar-refractivity contribution in [2.45, 2.75) is 37.1 Å². The molecule has 0 bridgehead atoms. The standard InChI is InChI=1S/C11H22N2OS/c1-9-6-14-4-3-13(9)11(7-12)5-10(2)15-8-11/h9-10H,3-8,12H2,1-2H3. The van der Waals surface area contributed by atoms with Crippen molar-refractivity contribution in [2.75, 3.05) is 32.1 Å². The molecule has 0 aromatic carbocycles. The van der Waals surface area contributed by atoms with Crippen molar-refractivity contribution in [1.82, 2.24) is 4.90 Å². The number of ether oxygens (including phenoxy) is 1. The minimum atomic E-state index is 0.243. The van der Waals surface area contributed by atoms with E-state index < -0.39 is 0 Å². The monoisotopic (exact) mass is 230 g/mol.